The molecule has 4 nitrogen and oxygen atoms in total. The van der Waals surface area contributed by atoms with Crippen LogP contribution in [0.5, 0.6) is 0 Å². The van der Waals surface area contributed by atoms with Gasteiger partial charge in [-0.3, -0.25) is 9.80 Å². The van der Waals surface area contributed by atoms with Crippen LogP contribution in [0.2, 0.25) is 0 Å². The van der Waals surface area contributed by atoms with Gasteiger partial charge in [-0.25, -0.2) is 0 Å². The summed E-state index contributed by atoms with van der Waals surface area (Å²) in [7, 11) is 9.05. The Morgan fingerprint density at radius 2 is 1.13 bits per heavy atom. The highest BCUT2D eigenvalue weighted by Gasteiger charge is 2.46. The molecule has 0 aromatic carbocycles. The van der Waals surface area contributed by atoms with Gasteiger partial charge in [0.05, 0.1) is 0 Å². The number of nitrogens with zero attached hydrogens (tertiary/aromatic N) is 4. The average molecular weight is 321 g/mol. The first-order valence-electron chi connectivity index (χ1n) is 9.84. The second-order valence-corrected chi connectivity index (χ2v) is 9.18. The fraction of sp³-hybridized carbons (Fsp3) is 1.00. The summed E-state index contributed by atoms with van der Waals surface area (Å²) in [5.41, 5.74) is 0. The van der Waals surface area contributed by atoms with Gasteiger partial charge in [0.15, 0.2) is 0 Å². The molecule has 6 atom stereocenters. The van der Waals surface area contributed by atoms with Crippen LogP contribution >= 0.6 is 0 Å². The Hall–Kier alpha value is -0.160. The second-order valence-electron chi connectivity index (χ2n) is 9.18. The second kappa shape index (κ2) is 6.29. The molecular weight excluding hydrogens is 284 g/mol. The summed E-state index contributed by atoms with van der Waals surface area (Å²) < 4.78 is 0. The van der Waals surface area contributed by atoms with Gasteiger partial charge < -0.3 is 9.80 Å². The van der Waals surface area contributed by atoms with E-state index in [4.69, 9.17) is 0 Å². The van der Waals surface area contributed by atoms with Gasteiger partial charge in [0, 0.05) is 37.3 Å². The highest BCUT2D eigenvalue weighted by Crippen LogP contribution is 2.41. The molecule has 4 bridgehead atoms. The molecule has 0 amide bonds. The highest BCUT2D eigenvalue weighted by atomic mass is 15.3. The van der Waals surface area contributed by atoms with E-state index in [9.17, 15) is 0 Å². The lowest BCUT2D eigenvalue weighted by Crippen LogP contribution is -2.45. The minimum Gasteiger partial charge on any atom is -0.306 e. The molecule has 0 unspecified atom stereocenters. The van der Waals surface area contributed by atoms with Crippen molar-refractivity contribution in [3.05, 3.63) is 0 Å². The first-order chi connectivity index (χ1) is 11.0. The fourth-order valence-corrected chi connectivity index (χ4v) is 6.33. The molecule has 0 aromatic rings. The Kier molecular flexibility index (Phi) is 4.46. The highest BCUT2D eigenvalue weighted by molar-refractivity contribution is 5.02. The van der Waals surface area contributed by atoms with Crippen LogP contribution in [0.3, 0.4) is 0 Å². The molecule has 4 aliphatic rings. The molecule has 2 saturated carbocycles. The molecule has 4 heteroatoms. The summed E-state index contributed by atoms with van der Waals surface area (Å²) in [5.74, 6) is 1.89. The van der Waals surface area contributed by atoms with Gasteiger partial charge in [0.25, 0.3) is 0 Å². The van der Waals surface area contributed by atoms with E-state index in [1.165, 1.54) is 58.3 Å². The van der Waals surface area contributed by atoms with Crippen molar-refractivity contribution in [1.82, 2.24) is 19.6 Å². The largest absolute Gasteiger partial charge is 0.306 e. The van der Waals surface area contributed by atoms with Crippen molar-refractivity contribution >= 4 is 0 Å². The molecule has 0 aromatic heterocycles. The molecule has 2 aliphatic heterocycles. The minimum absolute atomic E-state index is 0.855. The minimum atomic E-state index is 0.855. The van der Waals surface area contributed by atoms with E-state index in [0.29, 0.717) is 0 Å². The monoisotopic (exact) mass is 320 g/mol. The van der Waals surface area contributed by atoms with E-state index >= 15 is 0 Å². The lowest BCUT2D eigenvalue weighted by atomic mass is 10.0. The van der Waals surface area contributed by atoms with E-state index in [-0.39, 0.29) is 0 Å². The standard InChI is InChI=1S/C19H36N4/c1-20(2)18-10-16-8-14(18)12-22(16)6-5-7-23-13-15-9-17(23)11-19(15)21(3)4/h14-19H,5-13H2,1-4H3/t14-,15+,16-,17+,18-,19+. The number of fused-ring (bicyclic) bond motifs is 4. The summed E-state index contributed by atoms with van der Waals surface area (Å²) in [4.78, 5) is 10.5. The normalized spacial score (nSPS) is 43.6. The predicted octanol–water partition coefficient (Wildman–Crippen LogP) is 1.43. The Bertz CT molecular complexity index is 386. The summed E-state index contributed by atoms with van der Waals surface area (Å²) in [6.07, 6.45) is 7.13. The van der Waals surface area contributed by atoms with Crippen LogP contribution in [-0.4, -0.2) is 98.1 Å². The molecule has 23 heavy (non-hydrogen) atoms. The molecule has 2 saturated heterocycles. The van der Waals surface area contributed by atoms with Crippen LogP contribution in [0.15, 0.2) is 0 Å². The Morgan fingerprint density at radius 3 is 1.43 bits per heavy atom. The lowest BCUT2D eigenvalue weighted by Gasteiger charge is -2.36. The van der Waals surface area contributed by atoms with Crippen molar-refractivity contribution in [1.29, 1.82) is 0 Å². The van der Waals surface area contributed by atoms with E-state index < -0.39 is 0 Å². The third-order valence-corrected chi connectivity index (χ3v) is 7.45. The maximum Gasteiger partial charge on any atom is 0.0145 e. The smallest absolute Gasteiger partial charge is 0.0145 e. The molecule has 0 radical (unpaired) electrons. The maximum atomic E-state index is 2.81. The topological polar surface area (TPSA) is 13.0 Å². The molecule has 4 rings (SSSR count). The van der Waals surface area contributed by atoms with Gasteiger partial charge in [0.1, 0.15) is 0 Å². The summed E-state index contributed by atoms with van der Waals surface area (Å²) >= 11 is 0. The van der Waals surface area contributed by atoms with Crippen LogP contribution in [0.4, 0.5) is 0 Å². The average Bonchev–Trinajstić information content (AvgIpc) is 3.25. The van der Waals surface area contributed by atoms with Gasteiger partial charge in [-0.1, -0.05) is 0 Å². The summed E-state index contributed by atoms with van der Waals surface area (Å²) in [6, 6.07) is 3.49. The van der Waals surface area contributed by atoms with Crippen molar-refractivity contribution in [3.8, 4) is 0 Å². The number of hydrogen-bond acceptors (Lipinski definition) is 4. The summed E-state index contributed by atoms with van der Waals surface area (Å²) in [6.45, 7) is 5.41. The third-order valence-electron chi connectivity index (χ3n) is 7.45. The Labute approximate surface area is 142 Å². The van der Waals surface area contributed by atoms with Gasteiger partial charge in [-0.2, -0.15) is 0 Å². The Morgan fingerprint density at radius 1 is 0.696 bits per heavy atom. The molecule has 132 valence electrons. The zero-order valence-corrected chi connectivity index (χ0v) is 15.6. The number of piperidine rings is 2. The van der Waals surface area contributed by atoms with Gasteiger partial charge in [-0.05, 0) is 85.2 Å². The lowest BCUT2D eigenvalue weighted by molar-refractivity contribution is 0.115. The maximum absolute atomic E-state index is 2.81. The molecular formula is C19H36N4. The van der Waals surface area contributed by atoms with Crippen LogP contribution in [0, 0.1) is 11.8 Å². The van der Waals surface area contributed by atoms with E-state index in [1.54, 1.807) is 0 Å². The zero-order chi connectivity index (χ0) is 16.1. The van der Waals surface area contributed by atoms with E-state index in [0.717, 1.165) is 36.0 Å². The van der Waals surface area contributed by atoms with Crippen LogP contribution in [0.25, 0.3) is 0 Å². The zero-order valence-electron chi connectivity index (χ0n) is 15.6. The third kappa shape index (κ3) is 2.97. The van der Waals surface area contributed by atoms with Gasteiger partial charge in [-0.15, -0.1) is 0 Å². The number of hydrogen-bond donors (Lipinski definition) is 0. The molecule has 0 N–H and O–H groups in total. The fourth-order valence-electron chi connectivity index (χ4n) is 6.33. The molecule has 0 spiro atoms. The van der Waals surface area contributed by atoms with Crippen LogP contribution < -0.4 is 0 Å². The first-order valence-corrected chi connectivity index (χ1v) is 9.84. The quantitative estimate of drug-likeness (QED) is 0.734. The summed E-state index contributed by atoms with van der Waals surface area (Å²) in [5, 5.41) is 0. The molecule has 4 fully saturated rings. The SMILES string of the molecule is CN(C)[C@@H]1C[C@H]2C[C@@H]1CN2CCCN1C[C@@H]2C[C@H]1C[C@@H]2N(C)C. The van der Waals surface area contributed by atoms with Gasteiger partial charge >= 0.3 is 0 Å². The first kappa shape index (κ1) is 16.3. The van der Waals surface area contributed by atoms with E-state index in [1.807, 2.05) is 0 Å². The Balaban J connectivity index is 1.19. The van der Waals surface area contributed by atoms with Crippen LogP contribution in [0.1, 0.15) is 32.1 Å². The predicted molar refractivity (Wildman–Crippen MR) is 95.7 cm³/mol. The van der Waals surface area contributed by atoms with Crippen molar-refractivity contribution in [2.24, 2.45) is 11.8 Å². The molecule has 2 aliphatic carbocycles. The number of rotatable bonds is 6. The van der Waals surface area contributed by atoms with Gasteiger partial charge in [0.2, 0.25) is 0 Å². The van der Waals surface area contributed by atoms with Crippen molar-refractivity contribution in [2.75, 3.05) is 54.4 Å². The van der Waals surface area contributed by atoms with Crippen molar-refractivity contribution in [2.45, 2.75) is 56.3 Å². The van der Waals surface area contributed by atoms with Crippen LogP contribution in [-0.2, 0) is 0 Å². The van der Waals surface area contributed by atoms with Crippen molar-refractivity contribution in [3.63, 3.8) is 0 Å². The number of likely N-dealkylation sites (tertiary alicyclic amines) is 2. The molecule has 2 heterocycles. The van der Waals surface area contributed by atoms with Crippen molar-refractivity contribution < 1.29 is 0 Å². The van der Waals surface area contributed by atoms with E-state index in [2.05, 4.69) is 47.8 Å².